The molecule has 0 unspecified atom stereocenters. The average molecular weight is 410 g/mol. The summed E-state index contributed by atoms with van der Waals surface area (Å²) in [5.74, 6) is 0.778. The average Bonchev–Trinajstić information content (AvgIpc) is 2.51. The van der Waals surface area contributed by atoms with E-state index < -0.39 is 0 Å². The first-order valence-corrected chi connectivity index (χ1v) is 7.09. The second-order valence-corrected chi connectivity index (χ2v) is 5.03. The zero-order valence-corrected chi connectivity index (χ0v) is 15.6. The lowest BCUT2D eigenvalue weighted by atomic mass is 10.1. The fraction of sp³-hybridized carbons (Fsp3) is 0.294. The molecule has 2 aromatic rings. The standard InChI is InChI=1S/C17H22N4.HI/c1-13-6-8-15(9-7-13)11-20-17(18-3)21-12-16-14(2)5-4-10-19-16;/h4-10H,11-12H2,1-3H3,(H2,18,20,21);1H. The summed E-state index contributed by atoms with van der Waals surface area (Å²) in [6, 6.07) is 12.5. The van der Waals surface area contributed by atoms with Gasteiger partial charge in [-0.25, -0.2) is 0 Å². The van der Waals surface area contributed by atoms with Crippen LogP contribution in [0.15, 0.2) is 47.6 Å². The first-order valence-electron chi connectivity index (χ1n) is 7.09. The van der Waals surface area contributed by atoms with Crippen LogP contribution in [0.3, 0.4) is 0 Å². The predicted molar refractivity (Wildman–Crippen MR) is 103 cm³/mol. The molecule has 22 heavy (non-hydrogen) atoms. The van der Waals surface area contributed by atoms with Crippen LogP contribution in [0.1, 0.15) is 22.4 Å². The number of halogens is 1. The van der Waals surface area contributed by atoms with Gasteiger partial charge in [-0.2, -0.15) is 0 Å². The molecule has 5 heteroatoms. The monoisotopic (exact) mass is 410 g/mol. The molecule has 0 aliphatic heterocycles. The topological polar surface area (TPSA) is 49.3 Å². The van der Waals surface area contributed by atoms with Crippen LogP contribution in [-0.2, 0) is 13.1 Å². The van der Waals surface area contributed by atoms with E-state index in [1.807, 2.05) is 12.3 Å². The third-order valence-electron chi connectivity index (χ3n) is 3.35. The van der Waals surface area contributed by atoms with Crippen molar-refractivity contribution in [1.82, 2.24) is 15.6 Å². The molecule has 0 fully saturated rings. The van der Waals surface area contributed by atoms with E-state index >= 15 is 0 Å². The van der Waals surface area contributed by atoms with Crippen molar-refractivity contribution in [3.8, 4) is 0 Å². The maximum absolute atomic E-state index is 4.37. The highest BCUT2D eigenvalue weighted by Gasteiger charge is 2.01. The van der Waals surface area contributed by atoms with Gasteiger partial charge in [0, 0.05) is 19.8 Å². The normalized spacial score (nSPS) is 10.8. The van der Waals surface area contributed by atoms with E-state index in [9.17, 15) is 0 Å². The number of aryl methyl sites for hydroxylation is 2. The summed E-state index contributed by atoms with van der Waals surface area (Å²) in [7, 11) is 1.77. The Morgan fingerprint density at radius 2 is 1.73 bits per heavy atom. The van der Waals surface area contributed by atoms with Crippen LogP contribution in [0.25, 0.3) is 0 Å². The third-order valence-corrected chi connectivity index (χ3v) is 3.35. The molecule has 2 rings (SSSR count). The van der Waals surface area contributed by atoms with Gasteiger partial charge in [0.25, 0.3) is 0 Å². The lowest BCUT2D eigenvalue weighted by Crippen LogP contribution is -2.36. The molecule has 0 radical (unpaired) electrons. The van der Waals surface area contributed by atoms with Crippen molar-refractivity contribution in [1.29, 1.82) is 0 Å². The van der Waals surface area contributed by atoms with Crippen molar-refractivity contribution in [3.05, 3.63) is 65.0 Å². The molecule has 1 heterocycles. The number of aliphatic imine (C=N–C) groups is 1. The van der Waals surface area contributed by atoms with Crippen molar-refractivity contribution in [2.45, 2.75) is 26.9 Å². The molecule has 0 bridgehead atoms. The van der Waals surface area contributed by atoms with E-state index in [1.165, 1.54) is 16.7 Å². The van der Waals surface area contributed by atoms with Crippen molar-refractivity contribution in [2.24, 2.45) is 4.99 Å². The van der Waals surface area contributed by atoms with Crippen LogP contribution >= 0.6 is 24.0 Å². The van der Waals surface area contributed by atoms with Gasteiger partial charge in [0.1, 0.15) is 0 Å². The van der Waals surface area contributed by atoms with Gasteiger partial charge in [-0.15, -0.1) is 24.0 Å². The van der Waals surface area contributed by atoms with E-state index in [0.29, 0.717) is 6.54 Å². The SMILES string of the molecule is CN=C(NCc1ccc(C)cc1)NCc1ncccc1C.I. The van der Waals surface area contributed by atoms with Crippen molar-refractivity contribution in [3.63, 3.8) is 0 Å². The van der Waals surface area contributed by atoms with Gasteiger partial charge < -0.3 is 10.6 Å². The van der Waals surface area contributed by atoms with Crippen molar-refractivity contribution >= 4 is 29.9 Å². The summed E-state index contributed by atoms with van der Waals surface area (Å²) in [5.41, 5.74) is 4.72. The smallest absolute Gasteiger partial charge is 0.191 e. The second-order valence-electron chi connectivity index (χ2n) is 5.03. The predicted octanol–water partition coefficient (Wildman–Crippen LogP) is 3.18. The number of benzene rings is 1. The number of guanidine groups is 1. The largest absolute Gasteiger partial charge is 0.352 e. The molecule has 0 spiro atoms. The first-order chi connectivity index (χ1) is 10.2. The van der Waals surface area contributed by atoms with Gasteiger partial charge in [-0.05, 0) is 31.0 Å². The fourth-order valence-corrected chi connectivity index (χ4v) is 1.98. The highest BCUT2D eigenvalue weighted by molar-refractivity contribution is 14.0. The Balaban J connectivity index is 0.00000242. The van der Waals surface area contributed by atoms with Crippen LogP contribution < -0.4 is 10.6 Å². The summed E-state index contributed by atoms with van der Waals surface area (Å²) in [5, 5.41) is 6.59. The molecule has 0 saturated heterocycles. The molecule has 118 valence electrons. The summed E-state index contributed by atoms with van der Waals surface area (Å²) < 4.78 is 0. The summed E-state index contributed by atoms with van der Waals surface area (Å²) in [6.45, 7) is 5.57. The molecule has 0 aliphatic rings. The number of rotatable bonds is 4. The highest BCUT2D eigenvalue weighted by atomic mass is 127. The number of aromatic nitrogens is 1. The Morgan fingerprint density at radius 3 is 2.36 bits per heavy atom. The van der Waals surface area contributed by atoms with Gasteiger partial charge in [0.05, 0.1) is 12.2 Å². The van der Waals surface area contributed by atoms with E-state index in [-0.39, 0.29) is 24.0 Å². The van der Waals surface area contributed by atoms with Gasteiger partial charge in [-0.1, -0.05) is 35.9 Å². The molecule has 4 nitrogen and oxygen atoms in total. The fourth-order valence-electron chi connectivity index (χ4n) is 1.98. The number of pyridine rings is 1. The van der Waals surface area contributed by atoms with Gasteiger partial charge in [0.15, 0.2) is 5.96 Å². The summed E-state index contributed by atoms with van der Waals surface area (Å²) in [6.07, 6.45) is 1.81. The summed E-state index contributed by atoms with van der Waals surface area (Å²) in [4.78, 5) is 8.60. The lowest BCUT2D eigenvalue weighted by Gasteiger charge is -2.12. The zero-order chi connectivity index (χ0) is 15.1. The highest BCUT2D eigenvalue weighted by Crippen LogP contribution is 2.03. The van der Waals surface area contributed by atoms with Crippen LogP contribution in [0.5, 0.6) is 0 Å². The van der Waals surface area contributed by atoms with Crippen LogP contribution in [0.2, 0.25) is 0 Å². The maximum Gasteiger partial charge on any atom is 0.191 e. The Morgan fingerprint density at radius 1 is 1.05 bits per heavy atom. The number of nitrogens with one attached hydrogen (secondary N) is 2. The lowest BCUT2D eigenvalue weighted by molar-refractivity contribution is 0.790. The van der Waals surface area contributed by atoms with Gasteiger partial charge in [0.2, 0.25) is 0 Å². The van der Waals surface area contributed by atoms with Gasteiger partial charge in [-0.3, -0.25) is 9.98 Å². The number of hydrogen-bond donors (Lipinski definition) is 2. The van der Waals surface area contributed by atoms with Crippen LogP contribution in [0, 0.1) is 13.8 Å². The summed E-state index contributed by atoms with van der Waals surface area (Å²) >= 11 is 0. The second kappa shape index (κ2) is 9.40. The van der Waals surface area contributed by atoms with Crippen LogP contribution in [0.4, 0.5) is 0 Å². The van der Waals surface area contributed by atoms with Crippen LogP contribution in [-0.4, -0.2) is 18.0 Å². The quantitative estimate of drug-likeness (QED) is 0.463. The van der Waals surface area contributed by atoms with Crippen molar-refractivity contribution < 1.29 is 0 Å². The molecule has 2 N–H and O–H groups in total. The third kappa shape index (κ3) is 5.63. The number of hydrogen-bond acceptors (Lipinski definition) is 2. The Bertz CT molecular complexity index is 608. The first kappa shape index (κ1) is 18.4. The Hall–Kier alpha value is -1.63. The van der Waals surface area contributed by atoms with E-state index in [4.69, 9.17) is 0 Å². The minimum Gasteiger partial charge on any atom is -0.352 e. The molecule has 1 aromatic carbocycles. The van der Waals surface area contributed by atoms with E-state index in [1.54, 1.807) is 7.05 Å². The molecular weight excluding hydrogens is 387 g/mol. The Kier molecular flexibility index (Phi) is 7.87. The van der Waals surface area contributed by atoms with Crippen molar-refractivity contribution in [2.75, 3.05) is 7.05 Å². The zero-order valence-electron chi connectivity index (χ0n) is 13.3. The minimum atomic E-state index is 0. The molecule has 0 aliphatic carbocycles. The van der Waals surface area contributed by atoms with Gasteiger partial charge >= 0.3 is 0 Å². The maximum atomic E-state index is 4.37. The number of nitrogens with zero attached hydrogens (tertiary/aromatic N) is 2. The van der Waals surface area contributed by atoms with E-state index in [2.05, 4.69) is 64.8 Å². The molecule has 0 atom stereocenters. The molecular formula is C17H23IN4. The minimum absolute atomic E-state index is 0. The van der Waals surface area contributed by atoms with E-state index in [0.717, 1.165) is 18.2 Å². The molecule has 0 amide bonds. The molecule has 1 aromatic heterocycles. The molecule has 0 saturated carbocycles. The Labute approximate surface area is 149 Å².